The van der Waals surface area contributed by atoms with Gasteiger partial charge in [0.2, 0.25) is 5.52 Å². The quantitative estimate of drug-likeness (QED) is 0.534. The van der Waals surface area contributed by atoms with Crippen LogP contribution in [0.25, 0.3) is 21.9 Å². The van der Waals surface area contributed by atoms with E-state index in [1.807, 2.05) is 0 Å². The van der Waals surface area contributed by atoms with E-state index in [9.17, 15) is 0 Å². The minimum absolute atomic E-state index is 1.20. The number of H-pyrrole nitrogens is 1. The zero-order valence-electron chi connectivity index (χ0n) is 8.91. The van der Waals surface area contributed by atoms with Crippen LogP contribution in [0.5, 0.6) is 0 Å². The second kappa shape index (κ2) is 2.83. The normalized spacial score (nSPS) is 11.3. The molecule has 2 heteroatoms. The zero-order chi connectivity index (χ0) is 10.4. The Hall–Kier alpha value is -1.83. The van der Waals surface area contributed by atoms with Crippen LogP contribution in [0.2, 0.25) is 0 Å². The number of benzene rings is 1. The fourth-order valence-corrected chi connectivity index (χ4v) is 2.12. The molecule has 2 heterocycles. The summed E-state index contributed by atoms with van der Waals surface area (Å²) in [5.41, 5.74) is 4.95. The molecule has 1 aromatic carbocycles. The molecule has 0 unspecified atom stereocenters. The third-order valence-corrected chi connectivity index (χ3v) is 3.06. The summed E-state index contributed by atoms with van der Waals surface area (Å²) in [4.78, 5) is 3.43. The largest absolute Gasteiger partial charge is 0.349 e. The molecule has 74 valence electrons. The van der Waals surface area contributed by atoms with Gasteiger partial charge in [-0.25, -0.2) is 0 Å². The molecular formula is C13H13N2+. The Bertz CT molecular complexity index is 650. The summed E-state index contributed by atoms with van der Waals surface area (Å²) in [5.74, 6) is 0. The molecule has 0 aliphatic carbocycles. The molecule has 1 N–H and O–H groups in total. The molecule has 3 rings (SSSR count). The van der Waals surface area contributed by atoms with E-state index in [1.165, 1.54) is 27.6 Å². The number of para-hydroxylation sites is 1. The number of fused-ring (bicyclic) bond motifs is 3. The average Bonchev–Trinajstić information content (AvgIpc) is 2.62. The summed E-state index contributed by atoms with van der Waals surface area (Å²) in [6.45, 7) is 2.13. The van der Waals surface area contributed by atoms with Crippen molar-refractivity contribution in [2.24, 2.45) is 7.05 Å². The highest BCUT2D eigenvalue weighted by molar-refractivity contribution is 6.02. The molecule has 0 fully saturated rings. The number of aryl methyl sites for hydroxylation is 2. The predicted octanol–water partition coefficient (Wildman–Crippen LogP) is 2.45. The summed E-state index contributed by atoms with van der Waals surface area (Å²) in [6.07, 6.45) is 0. The van der Waals surface area contributed by atoms with E-state index in [4.69, 9.17) is 0 Å². The summed E-state index contributed by atoms with van der Waals surface area (Å²) < 4.78 is 2.23. The number of rotatable bonds is 0. The van der Waals surface area contributed by atoms with Crippen molar-refractivity contribution in [2.75, 3.05) is 0 Å². The number of aromatic amines is 1. The van der Waals surface area contributed by atoms with E-state index in [2.05, 4.69) is 59.9 Å². The van der Waals surface area contributed by atoms with Gasteiger partial charge in [-0.05, 0) is 18.2 Å². The molecule has 0 radical (unpaired) electrons. The van der Waals surface area contributed by atoms with Crippen LogP contribution in [0, 0.1) is 6.92 Å². The van der Waals surface area contributed by atoms with Crippen molar-refractivity contribution in [3.63, 3.8) is 0 Å². The van der Waals surface area contributed by atoms with Crippen molar-refractivity contribution >= 4 is 21.9 Å². The number of pyridine rings is 1. The third kappa shape index (κ3) is 1.08. The lowest BCUT2D eigenvalue weighted by atomic mass is 10.2. The molecule has 0 spiro atoms. The van der Waals surface area contributed by atoms with Gasteiger partial charge in [-0.2, -0.15) is 4.57 Å². The van der Waals surface area contributed by atoms with Crippen LogP contribution in [0.1, 0.15) is 5.69 Å². The number of nitrogens with one attached hydrogen (secondary N) is 1. The lowest BCUT2D eigenvalue weighted by Gasteiger charge is -1.94. The van der Waals surface area contributed by atoms with Gasteiger partial charge in [0, 0.05) is 13.0 Å². The minimum Gasteiger partial charge on any atom is -0.349 e. The van der Waals surface area contributed by atoms with Gasteiger partial charge in [-0.3, -0.25) is 0 Å². The smallest absolute Gasteiger partial charge is 0.238 e. The van der Waals surface area contributed by atoms with Crippen LogP contribution in [0.15, 0.2) is 36.4 Å². The topological polar surface area (TPSA) is 19.7 Å². The molecule has 15 heavy (non-hydrogen) atoms. The second-order valence-corrected chi connectivity index (χ2v) is 3.97. The second-order valence-electron chi connectivity index (χ2n) is 3.97. The first-order valence-electron chi connectivity index (χ1n) is 5.13. The van der Waals surface area contributed by atoms with Gasteiger partial charge in [0.1, 0.15) is 12.6 Å². The van der Waals surface area contributed by atoms with Crippen LogP contribution in [-0.2, 0) is 7.05 Å². The number of nitrogens with zero attached hydrogens (tertiary/aromatic N) is 1. The van der Waals surface area contributed by atoms with E-state index < -0.39 is 0 Å². The zero-order valence-corrected chi connectivity index (χ0v) is 8.91. The summed E-state index contributed by atoms with van der Waals surface area (Å²) in [5, 5.41) is 1.29. The maximum Gasteiger partial charge on any atom is 0.238 e. The van der Waals surface area contributed by atoms with Crippen molar-refractivity contribution in [3.05, 3.63) is 42.1 Å². The Kier molecular flexibility index (Phi) is 1.60. The van der Waals surface area contributed by atoms with Crippen LogP contribution >= 0.6 is 0 Å². The highest BCUT2D eigenvalue weighted by atomic mass is 15.0. The fraction of sp³-hybridized carbons (Fsp3) is 0.154. The molecule has 0 bridgehead atoms. The highest BCUT2D eigenvalue weighted by Crippen LogP contribution is 2.21. The van der Waals surface area contributed by atoms with Crippen molar-refractivity contribution in [2.45, 2.75) is 6.92 Å². The molecule has 0 atom stereocenters. The molecule has 0 aliphatic heterocycles. The summed E-state index contributed by atoms with van der Waals surface area (Å²) >= 11 is 0. The highest BCUT2D eigenvalue weighted by Gasteiger charge is 2.13. The SMILES string of the molecule is Cc1ccc2[nH]c3ccccc3c2[n+]1C. The van der Waals surface area contributed by atoms with Crippen molar-refractivity contribution in [3.8, 4) is 0 Å². The van der Waals surface area contributed by atoms with Crippen LogP contribution in [0.3, 0.4) is 0 Å². The third-order valence-electron chi connectivity index (χ3n) is 3.06. The number of aromatic nitrogens is 2. The van der Waals surface area contributed by atoms with Crippen molar-refractivity contribution in [1.82, 2.24) is 4.98 Å². The Morgan fingerprint density at radius 1 is 1.00 bits per heavy atom. The predicted molar refractivity (Wildman–Crippen MR) is 61.7 cm³/mol. The Labute approximate surface area is 88.2 Å². The lowest BCUT2D eigenvalue weighted by molar-refractivity contribution is -0.650. The van der Waals surface area contributed by atoms with Crippen LogP contribution in [-0.4, -0.2) is 4.98 Å². The van der Waals surface area contributed by atoms with E-state index in [-0.39, 0.29) is 0 Å². The molecule has 0 saturated heterocycles. The first kappa shape index (κ1) is 8.48. The minimum atomic E-state index is 1.20. The Balaban J connectivity index is 2.63. The fourth-order valence-electron chi connectivity index (χ4n) is 2.12. The Morgan fingerprint density at radius 2 is 1.80 bits per heavy atom. The van der Waals surface area contributed by atoms with Gasteiger partial charge in [-0.1, -0.05) is 12.1 Å². The standard InChI is InChI=1S/C13H12N2/c1-9-7-8-12-13(15(9)2)10-5-3-4-6-11(10)14-12/h3-8H,1-2H3/p+1. The molecular weight excluding hydrogens is 184 g/mol. The molecule has 0 saturated carbocycles. The first-order valence-corrected chi connectivity index (χ1v) is 5.13. The van der Waals surface area contributed by atoms with E-state index >= 15 is 0 Å². The monoisotopic (exact) mass is 197 g/mol. The Morgan fingerprint density at radius 3 is 2.67 bits per heavy atom. The molecule has 3 aromatic rings. The molecule has 0 amide bonds. The van der Waals surface area contributed by atoms with Crippen LogP contribution < -0.4 is 4.57 Å². The maximum atomic E-state index is 3.43. The number of hydrogen-bond donors (Lipinski definition) is 1. The van der Waals surface area contributed by atoms with E-state index in [0.717, 1.165) is 0 Å². The lowest BCUT2D eigenvalue weighted by Crippen LogP contribution is -2.32. The first-order chi connectivity index (χ1) is 7.27. The summed E-state index contributed by atoms with van der Waals surface area (Å²) in [7, 11) is 2.11. The number of hydrogen-bond acceptors (Lipinski definition) is 0. The average molecular weight is 197 g/mol. The molecule has 2 nitrogen and oxygen atoms in total. The van der Waals surface area contributed by atoms with Crippen molar-refractivity contribution < 1.29 is 4.57 Å². The van der Waals surface area contributed by atoms with Gasteiger partial charge in [0.15, 0.2) is 5.69 Å². The van der Waals surface area contributed by atoms with Gasteiger partial charge < -0.3 is 4.98 Å². The van der Waals surface area contributed by atoms with Crippen molar-refractivity contribution in [1.29, 1.82) is 0 Å². The summed E-state index contributed by atoms with van der Waals surface area (Å²) in [6, 6.07) is 12.7. The van der Waals surface area contributed by atoms with Gasteiger partial charge in [0.05, 0.1) is 10.9 Å². The van der Waals surface area contributed by atoms with E-state index in [0.29, 0.717) is 0 Å². The van der Waals surface area contributed by atoms with Crippen LogP contribution in [0.4, 0.5) is 0 Å². The molecule has 0 aliphatic rings. The molecule has 2 aromatic heterocycles. The van der Waals surface area contributed by atoms with Gasteiger partial charge >= 0.3 is 0 Å². The van der Waals surface area contributed by atoms with Gasteiger partial charge in [-0.15, -0.1) is 0 Å². The maximum absolute atomic E-state index is 3.43. The van der Waals surface area contributed by atoms with E-state index in [1.54, 1.807) is 0 Å². The van der Waals surface area contributed by atoms with Gasteiger partial charge in [0.25, 0.3) is 0 Å².